The molecule has 0 aliphatic carbocycles. The average molecular weight is 200 g/mol. The molecular formula is C12H12N2O. The zero-order valence-electron chi connectivity index (χ0n) is 8.82. The molecule has 2 aromatic rings. The van der Waals surface area contributed by atoms with Gasteiger partial charge in [-0.1, -0.05) is 19.1 Å². The summed E-state index contributed by atoms with van der Waals surface area (Å²) >= 11 is 0. The molecule has 0 aliphatic rings. The molecule has 0 spiro atoms. The van der Waals surface area contributed by atoms with E-state index in [1.807, 2.05) is 25.1 Å². The summed E-state index contributed by atoms with van der Waals surface area (Å²) in [5.41, 5.74) is 3.99. The van der Waals surface area contributed by atoms with Crippen molar-refractivity contribution in [2.24, 2.45) is 0 Å². The average Bonchev–Trinajstić information content (AvgIpc) is 2.27. The van der Waals surface area contributed by atoms with Crippen LogP contribution in [0.1, 0.15) is 28.7 Å². The van der Waals surface area contributed by atoms with Crippen molar-refractivity contribution in [3.05, 3.63) is 35.2 Å². The van der Waals surface area contributed by atoms with Crippen molar-refractivity contribution in [2.45, 2.75) is 20.3 Å². The van der Waals surface area contributed by atoms with Gasteiger partial charge in [-0.05, 0) is 25.0 Å². The molecule has 0 bridgehead atoms. The highest BCUT2D eigenvalue weighted by Gasteiger charge is 2.06. The fourth-order valence-corrected chi connectivity index (χ4v) is 1.63. The molecule has 0 saturated heterocycles. The highest BCUT2D eigenvalue weighted by molar-refractivity contribution is 5.83. The maximum Gasteiger partial charge on any atom is 0.170 e. The Balaban J connectivity index is 2.80. The summed E-state index contributed by atoms with van der Waals surface area (Å²) < 4.78 is 0. The molecule has 0 fully saturated rings. The van der Waals surface area contributed by atoms with E-state index in [2.05, 4.69) is 16.9 Å². The van der Waals surface area contributed by atoms with Crippen LogP contribution < -0.4 is 0 Å². The molecular weight excluding hydrogens is 188 g/mol. The third-order valence-electron chi connectivity index (χ3n) is 2.48. The van der Waals surface area contributed by atoms with E-state index in [-0.39, 0.29) is 0 Å². The van der Waals surface area contributed by atoms with Crippen molar-refractivity contribution in [2.75, 3.05) is 0 Å². The zero-order chi connectivity index (χ0) is 10.8. The van der Waals surface area contributed by atoms with E-state index in [4.69, 9.17) is 0 Å². The Labute approximate surface area is 88.2 Å². The van der Waals surface area contributed by atoms with Crippen molar-refractivity contribution in [3.63, 3.8) is 0 Å². The maximum atomic E-state index is 10.7. The Kier molecular flexibility index (Phi) is 2.46. The second-order valence-corrected chi connectivity index (χ2v) is 3.45. The Morgan fingerprint density at radius 3 is 2.80 bits per heavy atom. The predicted octanol–water partition coefficient (Wildman–Crippen LogP) is 2.31. The largest absolute Gasteiger partial charge is 0.296 e. The predicted molar refractivity (Wildman–Crippen MR) is 59.0 cm³/mol. The first-order valence-electron chi connectivity index (χ1n) is 4.97. The van der Waals surface area contributed by atoms with Gasteiger partial charge in [-0.2, -0.15) is 0 Å². The number of para-hydroxylation sites is 1. The molecule has 1 heterocycles. The first-order valence-corrected chi connectivity index (χ1v) is 4.97. The smallest absolute Gasteiger partial charge is 0.170 e. The van der Waals surface area contributed by atoms with E-state index >= 15 is 0 Å². The molecule has 0 atom stereocenters. The van der Waals surface area contributed by atoms with Crippen LogP contribution >= 0.6 is 0 Å². The number of fused-ring (bicyclic) bond motifs is 1. The molecule has 0 saturated carbocycles. The van der Waals surface area contributed by atoms with Crippen molar-refractivity contribution in [1.82, 2.24) is 9.97 Å². The van der Waals surface area contributed by atoms with Crippen LogP contribution in [0.4, 0.5) is 0 Å². The highest BCUT2D eigenvalue weighted by Crippen LogP contribution is 2.16. The molecule has 3 heteroatoms. The first kappa shape index (κ1) is 9.77. The van der Waals surface area contributed by atoms with Crippen LogP contribution in [0.5, 0.6) is 0 Å². The fraction of sp³-hybridized carbons (Fsp3) is 0.250. The van der Waals surface area contributed by atoms with Gasteiger partial charge in [-0.3, -0.25) is 4.79 Å². The number of hydrogen-bond acceptors (Lipinski definition) is 3. The lowest BCUT2D eigenvalue weighted by Gasteiger charge is -2.05. The van der Waals surface area contributed by atoms with E-state index in [0.717, 1.165) is 23.7 Å². The van der Waals surface area contributed by atoms with Gasteiger partial charge in [0.05, 0.1) is 16.7 Å². The summed E-state index contributed by atoms with van der Waals surface area (Å²) in [6.07, 6.45) is 1.67. The highest BCUT2D eigenvalue weighted by atomic mass is 16.1. The Morgan fingerprint density at radius 1 is 1.33 bits per heavy atom. The zero-order valence-corrected chi connectivity index (χ0v) is 8.82. The molecule has 0 amide bonds. The van der Waals surface area contributed by atoms with Crippen LogP contribution in [0, 0.1) is 6.92 Å². The number of carbonyl (C=O) groups is 1. The molecule has 0 aliphatic heterocycles. The van der Waals surface area contributed by atoms with E-state index in [9.17, 15) is 4.79 Å². The second kappa shape index (κ2) is 3.77. The second-order valence-electron chi connectivity index (χ2n) is 3.45. The normalized spacial score (nSPS) is 10.5. The number of aryl methyl sites for hydroxylation is 2. The summed E-state index contributed by atoms with van der Waals surface area (Å²) in [5.74, 6) is 0. The van der Waals surface area contributed by atoms with Crippen molar-refractivity contribution < 1.29 is 4.79 Å². The molecule has 76 valence electrons. The number of carbonyl (C=O) groups excluding carboxylic acids is 1. The van der Waals surface area contributed by atoms with Gasteiger partial charge in [0.1, 0.15) is 5.69 Å². The van der Waals surface area contributed by atoms with Crippen LogP contribution in [0.15, 0.2) is 18.2 Å². The van der Waals surface area contributed by atoms with Crippen LogP contribution in [0.25, 0.3) is 11.0 Å². The van der Waals surface area contributed by atoms with Gasteiger partial charge in [-0.25, -0.2) is 9.97 Å². The number of benzene rings is 1. The molecule has 2 rings (SSSR count). The first-order chi connectivity index (χ1) is 7.26. The van der Waals surface area contributed by atoms with Gasteiger partial charge < -0.3 is 0 Å². The van der Waals surface area contributed by atoms with Crippen molar-refractivity contribution >= 4 is 17.3 Å². The Bertz CT molecular complexity index is 520. The lowest BCUT2D eigenvalue weighted by atomic mass is 10.1. The van der Waals surface area contributed by atoms with Crippen molar-refractivity contribution in [3.8, 4) is 0 Å². The Hall–Kier alpha value is -1.77. The number of hydrogen-bond donors (Lipinski definition) is 0. The van der Waals surface area contributed by atoms with Crippen LogP contribution in [0.3, 0.4) is 0 Å². The Morgan fingerprint density at radius 2 is 2.13 bits per heavy atom. The standard InChI is InChI=1S/C12H12N2O/c1-3-9-5-4-6-10-12(9)13-8(2)11(7-15)14-10/h4-7H,3H2,1-2H3. The quantitative estimate of drug-likeness (QED) is 0.698. The maximum absolute atomic E-state index is 10.7. The van der Waals surface area contributed by atoms with Gasteiger partial charge in [0, 0.05) is 0 Å². The minimum Gasteiger partial charge on any atom is -0.296 e. The third kappa shape index (κ3) is 1.61. The molecule has 0 N–H and O–H groups in total. The molecule has 1 aromatic carbocycles. The van der Waals surface area contributed by atoms with E-state index in [0.29, 0.717) is 11.4 Å². The SMILES string of the molecule is CCc1cccc2nc(C=O)c(C)nc12. The van der Waals surface area contributed by atoms with Gasteiger partial charge in [-0.15, -0.1) is 0 Å². The van der Waals surface area contributed by atoms with E-state index in [1.165, 1.54) is 5.56 Å². The summed E-state index contributed by atoms with van der Waals surface area (Å²) in [5, 5.41) is 0. The number of aromatic nitrogens is 2. The topological polar surface area (TPSA) is 42.9 Å². The van der Waals surface area contributed by atoms with Gasteiger partial charge in [0.2, 0.25) is 0 Å². The lowest BCUT2D eigenvalue weighted by Crippen LogP contribution is -1.98. The minimum absolute atomic E-state index is 0.427. The number of rotatable bonds is 2. The molecule has 15 heavy (non-hydrogen) atoms. The van der Waals surface area contributed by atoms with Crippen LogP contribution in [-0.4, -0.2) is 16.3 Å². The van der Waals surface area contributed by atoms with Gasteiger partial charge in [0.25, 0.3) is 0 Å². The van der Waals surface area contributed by atoms with Gasteiger partial charge >= 0.3 is 0 Å². The summed E-state index contributed by atoms with van der Waals surface area (Å²) in [7, 11) is 0. The third-order valence-corrected chi connectivity index (χ3v) is 2.48. The molecule has 0 radical (unpaired) electrons. The molecule has 1 aromatic heterocycles. The van der Waals surface area contributed by atoms with Gasteiger partial charge in [0.15, 0.2) is 6.29 Å². The molecule has 3 nitrogen and oxygen atoms in total. The monoisotopic (exact) mass is 200 g/mol. The molecule has 0 unspecified atom stereocenters. The number of nitrogens with zero attached hydrogens (tertiary/aromatic N) is 2. The lowest BCUT2D eigenvalue weighted by molar-refractivity contribution is 0.111. The van der Waals surface area contributed by atoms with Crippen LogP contribution in [0.2, 0.25) is 0 Å². The summed E-state index contributed by atoms with van der Waals surface area (Å²) in [6.45, 7) is 3.89. The number of aldehydes is 1. The summed E-state index contributed by atoms with van der Waals surface area (Å²) in [4.78, 5) is 19.4. The van der Waals surface area contributed by atoms with Crippen LogP contribution in [-0.2, 0) is 6.42 Å². The van der Waals surface area contributed by atoms with E-state index < -0.39 is 0 Å². The fourth-order valence-electron chi connectivity index (χ4n) is 1.63. The van der Waals surface area contributed by atoms with E-state index in [1.54, 1.807) is 0 Å². The minimum atomic E-state index is 0.427. The summed E-state index contributed by atoms with van der Waals surface area (Å²) in [6, 6.07) is 5.87. The van der Waals surface area contributed by atoms with Crippen molar-refractivity contribution in [1.29, 1.82) is 0 Å².